The van der Waals surface area contributed by atoms with E-state index in [2.05, 4.69) is 19.7 Å². The smallest absolute Gasteiger partial charge is 0.349 e. The van der Waals surface area contributed by atoms with Gasteiger partial charge in [0.1, 0.15) is 9.77 Å². The minimum atomic E-state index is -3.90. The van der Waals surface area contributed by atoms with Crippen molar-refractivity contribution in [3.63, 3.8) is 0 Å². The number of rotatable bonds is 4. The number of anilines is 1. The average Bonchev–Trinajstić information content (AvgIpc) is 2.94. The Bertz CT molecular complexity index is 746. The van der Waals surface area contributed by atoms with Crippen LogP contribution in [-0.4, -0.2) is 31.7 Å². The number of hydrogen-bond donors (Lipinski definition) is 2. The van der Waals surface area contributed by atoms with E-state index in [0.29, 0.717) is 5.56 Å². The molecular weight excluding hydrogens is 302 g/mol. The molecule has 0 bridgehead atoms. The predicted molar refractivity (Wildman–Crippen MR) is 74.5 cm³/mol. The van der Waals surface area contributed by atoms with Crippen molar-refractivity contribution in [2.45, 2.75) is 18.7 Å². The molecule has 7 nitrogen and oxygen atoms in total. The van der Waals surface area contributed by atoms with E-state index in [1.54, 1.807) is 25.3 Å². The maximum Gasteiger partial charge on any atom is 0.349 e. The number of esters is 1. The van der Waals surface area contributed by atoms with E-state index >= 15 is 0 Å². The lowest BCUT2D eigenvalue weighted by molar-refractivity contribution is 0.0602. The first-order chi connectivity index (χ1) is 9.35. The van der Waals surface area contributed by atoms with E-state index in [1.165, 1.54) is 7.11 Å². The summed E-state index contributed by atoms with van der Waals surface area (Å²) in [5.74, 6) is -0.509. The molecule has 2 aromatic heterocycles. The molecule has 2 heterocycles. The molecule has 0 atom stereocenters. The number of carbonyl (C=O) groups is 1. The second-order valence-electron chi connectivity index (χ2n) is 4.11. The number of nitrogens with one attached hydrogen (secondary N) is 2. The zero-order valence-corrected chi connectivity index (χ0v) is 12.7. The van der Waals surface area contributed by atoms with Gasteiger partial charge in [0, 0.05) is 11.8 Å². The highest BCUT2D eigenvalue weighted by molar-refractivity contribution is 7.93. The van der Waals surface area contributed by atoms with Crippen LogP contribution in [0.2, 0.25) is 0 Å². The van der Waals surface area contributed by atoms with Gasteiger partial charge in [-0.3, -0.25) is 9.82 Å². The van der Waals surface area contributed by atoms with Crippen molar-refractivity contribution in [3.05, 3.63) is 27.6 Å². The molecule has 0 saturated carbocycles. The summed E-state index contributed by atoms with van der Waals surface area (Å²) in [6.07, 6.45) is 0. The molecule has 0 aliphatic heterocycles. The highest BCUT2D eigenvalue weighted by Crippen LogP contribution is 2.28. The van der Waals surface area contributed by atoms with Crippen molar-refractivity contribution in [2.75, 3.05) is 11.8 Å². The van der Waals surface area contributed by atoms with Crippen LogP contribution in [0.3, 0.4) is 0 Å². The molecule has 108 valence electrons. The number of nitrogens with zero attached hydrogens (tertiary/aromatic N) is 1. The van der Waals surface area contributed by atoms with Crippen molar-refractivity contribution in [1.29, 1.82) is 0 Å². The molecule has 0 saturated heterocycles. The molecule has 0 aliphatic rings. The van der Waals surface area contributed by atoms with Gasteiger partial charge in [-0.15, -0.1) is 11.3 Å². The molecule has 2 rings (SSSR count). The Labute approximate surface area is 120 Å². The first kappa shape index (κ1) is 14.5. The number of ether oxygens (including phenoxy) is 1. The van der Waals surface area contributed by atoms with Crippen LogP contribution in [0.25, 0.3) is 0 Å². The van der Waals surface area contributed by atoms with E-state index in [1.807, 2.05) is 0 Å². The van der Waals surface area contributed by atoms with Gasteiger partial charge in [0.25, 0.3) is 10.0 Å². The van der Waals surface area contributed by atoms with E-state index in [4.69, 9.17) is 0 Å². The fourth-order valence-corrected chi connectivity index (χ4v) is 4.36. The van der Waals surface area contributed by atoms with Crippen LogP contribution < -0.4 is 4.72 Å². The van der Waals surface area contributed by atoms with Crippen molar-refractivity contribution in [1.82, 2.24) is 10.2 Å². The minimum absolute atomic E-state index is 0.0461. The SMILES string of the molecule is COC(=O)c1scc(C)c1S(=O)(=O)Nc1cc(C)[nH]n1. The topological polar surface area (TPSA) is 101 Å². The number of sulfonamides is 1. The molecule has 2 aromatic rings. The normalized spacial score (nSPS) is 11.3. The molecule has 0 unspecified atom stereocenters. The number of methoxy groups -OCH3 is 1. The Hall–Kier alpha value is -1.87. The fraction of sp³-hybridized carbons (Fsp3) is 0.273. The highest BCUT2D eigenvalue weighted by atomic mass is 32.2. The zero-order valence-electron chi connectivity index (χ0n) is 11.1. The molecule has 0 spiro atoms. The van der Waals surface area contributed by atoms with Gasteiger partial charge in [-0.05, 0) is 24.8 Å². The van der Waals surface area contributed by atoms with Gasteiger partial charge in [0.15, 0.2) is 5.82 Å². The van der Waals surface area contributed by atoms with Crippen molar-refractivity contribution in [2.24, 2.45) is 0 Å². The fourth-order valence-electron chi connectivity index (χ4n) is 1.66. The monoisotopic (exact) mass is 315 g/mol. The van der Waals surface area contributed by atoms with Crippen LogP contribution in [0, 0.1) is 13.8 Å². The number of thiophene rings is 1. The third-order valence-corrected chi connectivity index (χ3v) is 5.25. The summed E-state index contributed by atoms with van der Waals surface area (Å²) < 4.78 is 31.7. The van der Waals surface area contributed by atoms with Gasteiger partial charge < -0.3 is 4.74 Å². The molecule has 20 heavy (non-hydrogen) atoms. The van der Waals surface area contributed by atoms with Crippen LogP contribution in [0.4, 0.5) is 5.82 Å². The summed E-state index contributed by atoms with van der Waals surface area (Å²) in [7, 11) is -2.69. The van der Waals surface area contributed by atoms with Crippen molar-refractivity contribution >= 4 is 33.1 Å². The van der Waals surface area contributed by atoms with E-state index < -0.39 is 16.0 Å². The summed E-state index contributed by atoms with van der Waals surface area (Å²) in [6, 6.07) is 1.55. The van der Waals surface area contributed by atoms with Crippen LogP contribution in [-0.2, 0) is 14.8 Å². The van der Waals surface area contributed by atoms with Gasteiger partial charge in [0.05, 0.1) is 7.11 Å². The summed E-state index contributed by atoms with van der Waals surface area (Å²) in [4.78, 5) is 11.6. The van der Waals surface area contributed by atoms with E-state index in [0.717, 1.165) is 17.0 Å². The molecular formula is C11H13N3O4S2. The maximum atomic E-state index is 12.4. The van der Waals surface area contributed by atoms with Crippen LogP contribution in [0.1, 0.15) is 20.9 Å². The number of aromatic amines is 1. The number of aryl methyl sites for hydroxylation is 2. The van der Waals surface area contributed by atoms with Crippen molar-refractivity contribution in [3.8, 4) is 0 Å². The minimum Gasteiger partial charge on any atom is -0.465 e. The Balaban J connectivity index is 2.44. The lowest BCUT2D eigenvalue weighted by Crippen LogP contribution is -2.17. The van der Waals surface area contributed by atoms with Crippen LogP contribution >= 0.6 is 11.3 Å². The predicted octanol–water partition coefficient (Wildman–Crippen LogP) is 1.68. The number of hydrogen-bond acceptors (Lipinski definition) is 6. The number of carbonyl (C=O) groups excluding carboxylic acids is 1. The summed E-state index contributed by atoms with van der Waals surface area (Å²) in [5.41, 5.74) is 1.20. The van der Waals surface area contributed by atoms with Gasteiger partial charge in [-0.25, -0.2) is 13.2 Å². The maximum absolute atomic E-state index is 12.4. The highest BCUT2D eigenvalue weighted by Gasteiger charge is 2.28. The number of H-pyrrole nitrogens is 1. The molecule has 0 radical (unpaired) electrons. The van der Waals surface area contributed by atoms with E-state index in [-0.39, 0.29) is 15.6 Å². The molecule has 0 amide bonds. The van der Waals surface area contributed by atoms with E-state index in [9.17, 15) is 13.2 Å². The molecule has 0 fully saturated rings. The quantitative estimate of drug-likeness (QED) is 0.836. The third kappa shape index (κ3) is 2.68. The standard InChI is InChI=1S/C11H13N3O4S2/c1-6-5-19-9(11(15)18-3)10(6)20(16,17)14-8-4-7(2)12-13-8/h4-5H,1-3H3,(H2,12,13,14). The van der Waals surface area contributed by atoms with Crippen LogP contribution in [0.15, 0.2) is 16.3 Å². The first-order valence-corrected chi connectivity index (χ1v) is 7.92. The largest absolute Gasteiger partial charge is 0.465 e. The molecule has 0 aromatic carbocycles. The Morgan fingerprint density at radius 3 is 2.70 bits per heavy atom. The molecule has 9 heteroatoms. The van der Waals surface area contributed by atoms with Gasteiger partial charge in [-0.1, -0.05) is 0 Å². The van der Waals surface area contributed by atoms with Gasteiger partial charge in [0.2, 0.25) is 0 Å². The Morgan fingerprint density at radius 1 is 1.45 bits per heavy atom. The lowest BCUT2D eigenvalue weighted by atomic mass is 10.3. The molecule has 2 N–H and O–H groups in total. The second kappa shape index (κ2) is 5.25. The summed E-state index contributed by atoms with van der Waals surface area (Å²) in [5, 5.41) is 8.03. The summed E-state index contributed by atoms with van der Waals surface area (Å²) in [6.45, 7) is 3.37. The molecule has 0 aliphatic carbocycles. The second-order valence-corrected chi connectivity index (χ2v) is 6.61. The average molecular weight is 315 g/mol. The Kier molecular flexibility index (Phi) is 3.82. The first-order valence-electron chi connectivity index (χ1n) is 5.56. The van der Waals surface area contributed by atoms with Gasteiger partial charge >= 0.3 is 5.97 Å². The summed E-state index contributed by atoms with van der Waals surface area (Å²) >= 11 is 1.03. The van der Waals surface area contributed by atoms with Crippen LogP contribution in [0.5, 0.6) is 0 Å². The lowest BCUT2D eigenvalue weighted by Gasteiger charge is -2.07. The third-order valence-electron chi connectivity index (χ3n) is 2.50. The Morgan fingerprint density at radius 2 is 2.15 bits per heavy atom. The number of aromatic nitrogens is 2. The zero-order chi connectivity index (χ0) is 14.9. The van der Waals surface area contributed by atoms with Gasteiger partial charge in [-0.2, -0.15) is 5.10 Å². The van der Waals surface area contributed by atoms with Crippen molar-refractivity contribution < 1.29 is 17.9 Å².